The third kappa shape index (κ3) is 2.65. The number of aromatic amines is 1. The highest BCUT2D eigenvalue weighted by molar-refractivity contribution is 6.32. The predicted molar refractivity (Wildman–Crippen MR) is 83.5 cm³/mol. The molecule has 1 aromatic heterocycles. The van der Waals surface area contributed by atoms with E-state index < -0.39 is 0 Å². The van der Waals surface area contributed by atoms with Gasteiger partial charge in [-0.1, -0.05) is 18.5 Å². The molecule has 0 bridgehead atoms. The van der Waals surface area contributed by atoms with Crippen LogP contribution in [0.4, 0.5) is 0 Å². The quantitative estimate of drug-likeness (QED) is 0.912. The number of ether oxygens (including phenoxy) is 1. The van der Waals surface area contributed by atoms with Gasteiger partial charge >= 0.3 is 0 Å². The summed E-state index contributed by atoms with van der Waals surface area (Å²) in [5.74, 6) is 0.0414. The zero-order valence-corrected chi connectivity index (χ0v) is 13.0. The molecule has 0 spiro atoms. The maximum Gasteiger partial charge on any atom is 0.230 e. The van der Waals surface area contributed by atoms with E-state index in [0.29, 0.717) is 19.8 Å². The highest BCUT2D eigenvalue weighted by Gasteiger charge is 2.40. The second kappa shape index (κ2) is 5.35. The average Bonchev–Trinajstić information content (AvgIpc) is 2.82. The van der Waals surface area contributed by atoms with Gasteiger partial charge in [0.1, 0.15) is 0 Å². The van der Waals surface area contributed by atoms with Gasteiger partial charge in [0.15, 0.2) is 0 Å². The van der Waals surface area contributed by atoms with Gasteiger partial charge in [0.2, 0.25) is 5.91 Å². The second-order valence-corrected chi connectivity index (χ2v) is 6.32. The first-order chi connectivity index (χ1) is 10.0. The van der Waals surface area contributed by atoms with E-state index in [1.54, 1.807) is 0 Å². The minimum absolute atomic E-state index is 0.0414. The van der Waals surface area contributed by atoms with Crippen molar-refractivity contribution in [3.05, 3.63) is 34.5 Å². The summed E-state index contributed by atoms with van der Waals surface area (Å²) >= 11 is 6.23. The monoisotopic (exact) mass is 306 g/mol. The standard InChI is InChI=1S/C16H19ClN2O2/c1-3-10-6-14-11(5-13(10)17)4-12(19-14)7-18-15(20)16(2)8-21-9-16/h4-6,19H,3,7-9H2,1-2H3,(H,18,20). The number of aromatic nitrogens is 1. The van der Waals surface area contributed by atoms with Crippen LogP contribution in [0.3, 0.4) is 0 Å². The van der Waals surface area contributed by atoms with Crippen LogP contribution >= 0.6 is 11.6 Å². The first kappa shape index (κ1) is 14.4. The molecule has 4 nitrogen and oxygen atoms in total. The Labute approximate surface area is 128 Å². The lowest BCUT2D eigenvalue weighted by atomic mass is 9.87. The van der Waals surface area contributed by atoms with Crippen LogP contribution in [0.2, 0.25) is 5.02 Å². The molecular weight excluding hydrogens is 288 g/mol. The molecule has 5 heteroatoms. The van der Waals surface area contributed by atoms with Crippen LogP contribution in [0.25, 0.3) is 10.9 Å². The Hall–Kier alpha value is -1.52. The summed E-state index contributed by atoms with van der Waals surface area (Å²) in [6.07, 6.45) is 0.901. The second-order valence-electron chi connectivity index (χ2n) is 5.92. The zero-order valence-electron chi connectivity index (χ0n) is 12.3. The van der Waals surface area contributed by atoms with Crippen molar-refractivity contribution in [1.82, 2.24) is 10.3 Å². The van der Waals surface area contributed by atoms with Crippen molar-refractivity contribution in [1.29, 1.82) is 0 Å². The van der Waals surface area contributed by atoms with Crippen LogP contribution in [-0.4, -0.2) is 24.1 Å². The average molecular weight is 307 g/mol. The fourth-order valence-corrected chi connectivity index (χ4v) is 2.86. The van der Waals surface area contributed by atoms with E-state index >= 15 is 0 Å². The van der Waals surface area contributed by atoms with Gasteiger partial charge in [0, 0.05) is 21.6 Å². The third-order valence-corrected chi connectivity index (χ3v) is 4.41. The molecule has 0 radical (unpaired) electrons. The third-order valence-electron chi connectivity index (χ3n) is 4.05. The molecular formula is C16H19ClN2O2. The molecule has 2 heterocycles. The van der Waals surface area contributed by atoms with Gasteiger partial charge in [-0.05, 0) is 37.1 Å². The molecule has 0 aliphatic carbocycles. The fourth-order valence-electron chi connectivity index (χ4n) is 2.55. The largest absolute Gasteiger partial charge is 0.379 e. The van der Waals surface area contributed by atoms with Crippen molar-refractivity contribution in [2.75, 3.05) is 13.2 Å². The summed E-state index contributed by atoms with van der Waals surface area (Å²) in [6, 6.07) is 6.07. The minimum Gasteiger partial charge on any atom is -0.379 e. The number of H-pyrrole nitrogens is 1. The number of halogens is 1. The van der Waals surface area contributed by atoms with Crippen molar-refractivity contribution in [2.45, 2.75) is 26.8 Å². The Morgan fingerprint density at radius 1 is 1.43 bits per heavy atom. The summed E-state index contributed by atoms with van der Waals surface area (Å²) in [7, 11) is 0. The lowest BCUT2D eigenvalue weighted by Crippen LogP contribution is -2.51. The van der Waals surface area contributed by atoms with Crippen molar-refractivity contribution in [3.63, 3.8) is 0 Å². The highest BCUT2D eigenvalue weighted by atomic mass is 35.5. The molecule has 0 saturated carbocycles. The van der Waals surface area contributed by atoms with Crippen molar-refractivity contribution in [2.24, 2.45) is 5.41 Å². The van der Waals surface area contributed by atoms with Gasteiger partial charge in [-0.15, -0.1) is 0 Å². The molecule has 3 rings (SSSR count). The molecule has 2 aromatic rings. The number of aryl methyl sites for hydroxylation is 1. The number of hydrogen-bond donors (Lipinski definition) is 2. The highest BCUT2D eigenvalue weighted by Crippen LogP contribution is 2.27. The predicted octanol–water partition coefficient (Wildman–Crippen LogP) is 3.04. The number of rotatable bonds is 4. The number of carbonyl (C=O) groups excluding carboxylic acids is 1. The van der Waals surface area contributed by atoms with Crippen LogP contribution in [0.1, 0.15) is 25.1 Å². The molecule has 1 aliphatic heterocycles. The van der Waals surface area contributed by atoms with Crippen LogP contribution in [0.15, 0.2) is 18.2 Å². The molecule has 1 aliphatic rings. The fraction of sp³-hybridized carbons (Fsp3) is 0.438. The van der Waals surface area contributed by atoms with Crippen molar-refractivity contribution >= 4 is 28.4 Å². The zero-order chi connectivity index (χ0) is 15.0. The van der Waals surface area contributed by atoms with Crippen LogP contribution in [0.5, 0.6) is 0 Å². The molecule has 1 fully saturated rings. The Kier molecular flexibility index (Phi) is 3.68. The maximum atomic E-state index is 12.1. The first-order valence-corrected chi connectivity index (χ1v) is 7.56. The van der Waals surface area contributed by atoms with Gasteiger partial charge in [-0.2, -0.15) is 0 Å². The van der Waals surface area contributed by atoms with Gasteiger partial charge < -0.3 is 15.0 Å². The van der Waals surface area contributed by atoms with E-state index in [1.807, 2.05) is 19.1 Å². The van der Waals surface area contributed by atoms with E-state index in [4.69, 9.17) is 16.3 Å². The van der Waals surface area contributed by atoms with Crippen molar-refractivity contribution < 1.29 is 9.53 Å². The lowest BCUT2D eigenvalue weighted by Gasteiger charge is -2.36. The summed E-state index contributed by atoms with van der Waals surface area (Å²) in [6.45, 7) is 5.49. The molecule has 1 amide bonds. The van der Waals surface area contributed by atoms with E-state index in [2.05, 4.69) is 23.3 Å². The number of nitrogens with one attached hydrogen (secondary N) is 2. The summed E-state index contributed by atoms with van der Waals surface area (Å²) in [4.78, 5) is 15.4. The summed E-state index contributed by atoms with van der Waals surface area (Å²) < 4.78 is 5.11. The van der Waals surface area contributed by atoms with Crippen molar-refractivity contribution in [3.8, 4) is 0 Å². The number of benzene rings is 1. The van der Waals surface area contributed by atoms with E-state index in [0.717, 1.165) is 33.6 Å². The SMILES string of the molecule is CCc1cc2[nH]c(CNC(=O)C3(C)COC3)cc2cc1Cl. The molecule has 1 aromatic carbocycles. The molecule has 1 saturated heterocycles. The Morgan fingerprint density at radius 3 is 2.81 bits per heavy atom. The van der Waals surface area contributed by atoms with E-state index in [1.165, 1.54) is 0 Å². The number of amides is 1. The molecule has 112 valence electrons. The molecule has 0 atom stereocenters. The number of fused-ring (bicyclic) bond motifs is 1. The Balaban J connectivity index is 1.74. The number of carbonyl (C=O) groups is 1. The van der Waals surface area contributed by atoms with E-state index in [9.17, 15) is 4.79 Å². The Bertz CT molecular complexity index is 689. The van der Waals surface area contributed by atoms with Gasteiger partial charge in [0.25, 0.3) is 0 Å². The van der Waals surface area contributed by atoms with Crippen LogP contribution in [0, 0.1) is 5.41 Å². The van der Waals surface area contributed by atoms with Gasteiger partial charge in [-0.25, -0.2) is 0 Å². The van der Waals surface area contributed by atoms with Gasteiger partial charge in [0.05, 0.1) is 25.2 Å². The molecule has 2 N–H and O–H groups in total. The lowest BCUT2D eigenvalue weighted by molar-refractivity contribution is -0.157. The molecule has 0 unspecified atom stereocenters. The Morgan fingerprint density at radius 2 is 2.19 bits per heavy atom. The minimum atomic E-state index is -0.370. The summed E-state index contributed by atoms with van der Waals surface area (Å²) in [5.41, 5.74) is 2.79. The first-order valence-electron chi connectivity index (χ1n) is 7.18. The normalized spacial score (nSPS) is 16.7. The van der Waals surface area contributed by atoms with Crippen LogP contribution < -0.4 is 5.32 Å². The topological polar surface area (TPSA) is 54.1 Å². The maximum absolute atomic E-state index is 12.1. The summed E-state index contributed by atoms with van der Waals surface area (Å²) in [5, 5.41) is 4.82. The smallest absolute Gasteiger partial charge is 0.230 e. The number of hydrogen-bond acceptors (Lipinski definition) is 2. The van der Waals surface area contributed by atoms with Crippen LogP contribution in [-0.2, 0) is 22.5 Å². The molecule has 21 heavy (non-hydrogen) atoms. The van der Waals surface area contributed by atoms with Gasteiger partial charge in [-0.3, -0.25) is 4.79 Å². The van der Waals surface area contributed by atoms with E-state index in [-0.39, 0.29) is 11.3 Å².